The van der Waals surface area contributed by atoms with Gasteiger partial charge in [0.15, 0.2) is 5.69 Å². The van der Waals surface area contributed by atoms with Crippen LogP contribution in [0.25, 0.3) is 0 Å². The zero-order valence-corrected chi connectivity index (χ0v) is 9.74. The summed E-state index contributed by atoms with van der Waals surface area (Å²) in [5.41, 5.74) is 2.13. The van der Waals surface area contributed by atoms with Crippen LogP contribution in [0.1, 0.15) is 29.5 Å². The minimum absolute atomic E-state index is 0.0582. The van der Waals surface area contributed by atoms with Crippen molar-refractivity contribution in [3.63, 3.8) is 0 Å². The third-order valence-electron chi connectivity index (χ3n) is 2.56. The number of carbonyl (C=O) groups is 1. The number of amides is 1. The van der Waals surface area contributed by atoms with Gasteiger partial charge in [-0.15, -0.1) is 0 Å². The molecule has 0 saturated heterocycles. The zero-order valence-electron chi connectivity index (χ0n) is 9.74. The fraction of sp³-hybridized carbons (Fsp3) is 0.333. The lowest BCUT2D eigenvalue weighted by atomic mass is 10.2. The van der Waals surface area contributed by atoms with E-state index in [9.17, 15) is 4.79 Å². The molecule has 0 bridgehead atoms. The smallest absolute Gasteiger partial charge is 0.279 e. The number of pyridine rings is 1. The summed E-state index contributed by atoms with van der Waals surface area (Å²) in [4.78, 5) is 17.9. The van der Waals surface area contributed by atoms with Crippen LogP contribution in [0.5, 0.6) is 0 Å². The molecule has 0 unspecified atom stereocenters. The molecule has 1 aliphatic rings. The summed E-state index contributed by atoms with van der Waals surface area (Å²) in [5.74, 6) is 0.766. The van der Waals surface area contributed by atoms with Gasteiger partial charge >= 0.3 is 0 Å². The van der Waals surface area contributed by atoms with Crippen LogP contribution in [0.4, 0.5) is 5.69 Å². The molecule has 16 heavy (non-hydrogen) atoms. The SMILES string of the molecule is CC/C=C1\Nc2ccc(C)nc2C(=O)N1C. The number of fused-ring (bicyclic) bond motifs is 1. The highest BCUT2D eigenvalue weighted by molar-refractivity contribution is 6.01. The Hall–Kier alpha value is -1.84. The molecule has 0 fully saturated rings. The first kappa shape index (κ1) is 10.7. The summed E-state index contributed by atoms with van der Waals surface area (Å²) in [6.07, 6.45) is 2.87. The van der Waals surface area contributed by atoms with E-state index in [1.54, 1.807) is 11.9 Å². The van der Waals surface area contributed by atoms with E-state index in [0.29, 0.717) is 5.69 Å². The highest BCUT2D eigenvalue weighted by Crippen LogP contribution is 2.24. The van der Waals surface area contributed by atoms with Crippen molar-refractivity contribution in [2.45, 2.75) is 20.3 Å². The maximum Gasteiger partial charge on any atom is 0.279 e. The molecule has 1 amide bonds. The van der Waals surface area contributed by atoms with E-state index in [1.807, 2.05) is 32.1 Å². The van der Waals surface area contributed by atoms with Gasteiger partial charge in [-0.1, -0.05) is 6.92 Å². The normalized spacial score (nSPS) is 17.3. The molecular weight excluding hydrogens is 202 g/mol. The fourth-order valence-corrected chi connectivity index (χ4v) is 1.69. The number of aromatic nitrogens is 1. The molecule has 0 atom stereocenters. The lowest BCUT2D eigenvalue weighted by molar-refractivity contribution is 0.0826. The molecule has 84 valence electrons. The van der Waals surface area contributed by atoms with Crippen LogP contribution in [0, 0.1) is 6.92 Å². The molecule has 1 aromatic heterocycles. The van der Waals surface area contributed by atoms with Gasteiger partial charge in [-0.05, 0) is 31.6 Å². The number of hydrogen-bond donors (Lipinski definition) is 1. The average Bonchev–Trinajstić information content (AvgIpc) is 2.27. The number of aryl methyl sites for hydroxylation is 1. The number of carbonyl (C=O) groups excluding carboxylic acids is 1. The van der Waals surface area contributed by atoms with Gasteiger partial charge in [0.25, 0.3) is 5.91 Å². The minimum atomic E-state index is -0.0582. The number of anilines is 1. The van der Waals surface area contributed by atoms with Gasteiger partial charge in [0.2, 0.25) is 0 Å². The van der Waals surface area contributed by atoms with E-state index < -0.39 is 0 Å². The second kappa shape index (κ2) is 3.96. The average molecular weight is 217 g/mol. The summed E-state index contributed by atoms with van der Waals surface area (Å²) in [5, 5.41) is 3.21. The maximum absolute atomic E-state index is 12.0. The van der Waals surface area contributed by atoms with Crippen molar-refractivity contribution in [3.8, 4) is 0 Å². The summed E-state index contributed by atoms with van der Waals surface area (Å²) < 4.78 is 0. The first-order valence-corrected chi connectivity index (χ1v) is 5.36. The number of hydrogen-bond acceptors (Lipinski definition) is 3. The summed E-state index contributed by atoms with van der Waals surface area (Å²) in [6, 6.07) is 3.79. The number of allylic oxidation sites excluding steroid dienone is 1. The van der Waals surface area contributed by atoms with E-state index in [1.165, 1.54) is 0 Å². The molecule has 4 nitrogen and oxygen atoms in total. The van der Waals surface area contributed by atoms with Crippen molar-refractivity contribution in [1.29, 1.82) is 0 Å². The molecule has 0 radical (unpaired) electrons. The van der Waals surface area contributed by atoms with Gasteiger partial charge < -0.3 is 5.32 Å². The van der Waals surface area contributed by atoms with Crippen LogP contribution >= 0.6 is 0 Å². The monoisotopic (exact) mass is 217 g/mol. The van der Waals surface area contributed by atoms with Crippen LogP contribution in [-0.4, -0.2) is 22.8 Å². The molecule has 2 heterocycles. The van der Waals surface area contributed by atoms with Crippen molar-refractivity contribution in [1.82, 2.24) is 9.88 Å². The van der Waals surface area contributed by atoms with Crippen molar-refractivity contribution >= 4 is 11.6 Å². The van der Waals surface area contributed by atoms with Gasteiger partial charge in [-0.2, -0.15) is 0 Å². The highest BCUT2D eigenvalue weighted by Gasteiger charge is 2.26. The zero-order chi connectivity index (χ0) is 11.7. The van der Waals surface area contributed by atoms with E-state index >= 15 is 0 Å². The number of rotatable bonds is 1. The number of nitrogens with one attached hydrogen (secondary N) is 1. The van der Waals surface area contributed by atoms with Crippen LogP contribution in [0.2, 0.25) is 0 Å². The molecule has 4 heteroatoms. The molecule has 1 aromatic rings. The van der Waals surface area contributed by atoms with Crippen molar-refractivity contribution in [2.24, 2.45) is 0 Å². The first-order valence-electron chi connectivity index (χ1n) is 5.36. The predicted molar refractivity (Wildman–Crippen MR) is 63.1 cm³/mol. The summed E-state index contributed by atoms with van der Waals surface area (Å²) in [6.45, 7) is 3.92. The van der Waals surface area contributed by atoms with Crippen molar-refractivity contribution in [3.05, 3.63) is 35.4 Å². The Labute approximate surface area is 95.0 Å². The standard InChI is InChI=1S/C12H15N3O/c1-4-5-10-14-9-7-6-8(2)13-11(9)12(16)15(10)3/h5-7,14H,4H2,1-3H3/b10-5+. The molecule has 0 spiro atoms. The number of nitrogens with zero attached hydrogens (tertiary/aromatic N) is 2. The third kappa shape index (κ3) is 1.66. The summed E-state index contributed by atoms with van der Waals surface area (Å²) in [7, 11) is 1.75. The topological polar surface area (TPSA) is 45.2 Å². The van der Waals surface area contributed by atoms with Crippen molar-refractivity contribution < 1.29 is 4.79 Å². The lowest BCUT2D eigenvalue weighted by Gasteiger charge is -2.28. The Kier molecular flexibility index (Phi) is 2.64. The Bertz CT molecular complexity index is 465. The summed E-state index contributed by atoms with van der Waals surface area (Å²) >= 11 is 0. The lowest BCUT2D eigenvalue weighted by Crippen LogP contribution is -2.35. The minimum Gasteiger partial charge on any atom is -0.340 e. The Morgan fingerprint density at radius 3 is 2.94 bits per heavy atom. The largest absolute Gasteiger partial charge is 0.340 e. The molecule has 1 aliphatic heterocycles. The Balaban J connectivity index is 2.48. The second-order valence-electron chi connectivity index (χ2n) is 3.84. The van der Waals surface area contributed by atoms with Gasteiger partial charge in [-0.3, -0.25) is 9.69 Å². The fourth-order valence-electron chi connectivity index (χ4n) is 1.69. The van der Waals surface area contributed by atoms with Crippen LogP contribution < -0.4 is 5.32 Å². The van der Waals surface area contributed by atoms with Crippen LogP contribution in [0.15, 0.2) is 24.0 Å². The van der Waals surface area contributed by atoms with Crippen LogP contribution in [0.3, 0.4) is 0 Å². The quantitative estimate of drug-likeness (QED) is 0.783. The van der Waals surface area contributed by atoms with E-state index in [4.69, 9.17) is 0 Å². The maximum atomic E-state index is 12.0. The van der Waals surface area contributed by atoms with Gasteiger partial charge in [-0.25, -0.2) is 4.98 Å². The molecule has 1 N–H and O–H groups in total. The second-order valence-corrected chi connectivity index (χ2v) is 3.84. The van der Waals surface area contributed by atoms with E-state index in [2.05, 4.69) is 10.3 Å². The molecule has 0 aliphatic carbocycles. The predicted octanol–water partition coefficient (Wildman–Crippen LogP) is 2.14. The van der Waals surface area contributed by atoms with E-state index in [-0.39, 0.29) is 5.91 Å². The first-order chi connectivity index (χ1) is 7.63. The Morgan fingerprint density at radius 1 is 1.50 bits per heavy atom. The molecule has 0 aromatic carbocycles. The molecular formula is C12H15N3O. The van der Waals surface area contributed by atoms with Gasteiger partial charge in [0.05, 0.1) is 5.69 Å². The van der Waals surface area contributed by atoms with Gasteiger partial charge in [0.1, 0.15) is 5.82 Å². The third-order valence-corrected chi connectivity index (χ3v) is 2.56. The molecule has 2 rings (SSSR count). The van der Waals surface area contributed by atoms with Crippen LogP contribution in [-0.2, 0) is 0 Å². The highest BCUT2D eigenvalue weighted by atomic mass is 16.2. The Morgan fingerprint density at radius 2 is 2.25 bits per heavy atom. The van der Waals surface area contributed by atoms with E-state index in [0.717, 1.165) is 23.6 Å². The molecule has 0 saturated carbocycles. The van der Waals surface area contributed by atoms with Crippen molar-refractivity contribution in [2.75, 3.05) is 12.4 Å². The van der Waals surface area contributed by atoms with Gasteiger partial charge in [0, 0.05) is 12.7 Å².